The number of aliphatic hydroxyl groups is 3. The average molecular weight is 220 g/mol. The second kappa shape index (κ2) is 4.75. The number of primary amides is 1. The molecule has 15 heavy (non-hydrogen) atoms. The van der Waals surface area contributed by atoms with Crippen molar-refractivity contribution in [3.63, 3.8) is 0 Å². The molecular weight excluding hydrogens is 204 g/mol. The first-order chi connectivity index (χ1) is 6.97. The Morgan fingerprint density at radius 3 is 2.53 bits per heavy atom. The molecule has 0 bridgehead atoms. The van der Waals surface area contributed by atoms with E-state index in [0.29, 0.717) is 0 Å². The van der Waals surface area contributed by atoms with E-state index in [1.54, 1.807) is 6.92 Å². The number of urea groups is 1. The van der Waals surface area contributed by atoms with Gasteiger partial charge < -0.3 is 31.1 Å². The maximum Gasteiger partial charge on any atom is 0.312 e. The fourth-order valence-corrected chi connectivity index (χ4v) is 1.67. The fourth-order valence-electron chi connectivity index (χ4n) is 1.67. The minimum absolute atomic E-state index is 0.397. The zero-order valence-electron chi connectivity index (χ0n) is 8.33. The lowest BCUT2D eigenvalue weighted by Gasteiger charge is -2.41. The van der Waals surface area contributed by atoms with Gasteiger partial charge >= 0.3 is 6.03 Å². The van der Waals surface area contributed by atoms with Crippen molar-refractivity contribution in [1.29, 1.82) is 0 Å². The Morgan fingerprint density at radius 1 is 1.47 bits per heavy atom. The molecule has 0 radical (unpaired) electrons. The summed E-state index contributed by atoms with van der Waals surface area (Å²) in [6.45, 7) is 1.21. The summed E-state index contributed by atoms with van der Waals surface area (Å²) in [5, 5.41) is 30.3. The van der Waals surface area contributed by atoms with E-state index in [1.807, 2.05) is 0 Å². The molecule has 1 aliphatic rings. The van der Waals surface area contributed by atoms with Crippen molar-refractivity contribution in [2.24, 2.45) is 5.73 Å². The molecule has 6 N–H and O–H groups in total. The number of amides is 2. The number of aliphatic hydroxyl groups excluding tert-OH is 3. The van der Waals surface area contributed by atoms with Crippen LogP contribution in [0, 0.1) is 0 Å². The van der Waals surface area contributed by atoms with E-state index in [1.165, 1.54) is 0 Å². The molecule has 0 aromatic carbocycles. The summed E-state index contributed by atoms with van der Waals surface area (Å²) < 4.78 is 5.20. The summed E-state index contributed by atoms with van der Waals surface area (Å²) in [6.07, 6.45) is -3.84. The van der Waals surface area contributed by atoms with Gasteiger partial charge in [0.25, 0.3) is 0 Å². The zero-order valence-corrected chi connectivity index (χ0v) is 8.33. The minimum atomic E-state index is -1.25. The van der Waals surface area contributed by atoms with Crippen LogP contribution in [0.1, 0.15) is 6.92 Å². The Balaban J connectivity index is 2.70. The second-order valence-corrected chi connectivity index (χ2v) is 3.58. The van der Waals surface area contributed by atoms with E-state index in [-0.39, 0.29) is 0 Å². The fraction of sp³-hybridized carbons (Fsp3) is 0.875. The van der Waals surface area contributed by atoms with Gasteiger partial charge in [0.05, 0.1) is 18.8 Å². The van der Waals surface area contributed by atoms with E-state index in [0.717, 1.165) is 0 Å². The topological polar surface area (TPSA) is 125 Å². The van der Waals surface area contributed by atoms with Gasteiger partial charge in [0, 0.05) is 0 Å². The van der Waals surface area contributed by atoms with Crippen LogP contribution in [0.25, 0.3) is 0 Å². The van der Waals surface area contributed by atoms with Crippen LogP contribution in [0.3, 0.4) is 0 Å². The van der Waals surface area contributed by atoms with Crippen molar-refractivity contribution in [2.75, 3.05) is 6.61 Å². The lowest BCUT2D eigenvalue weighted by atomic mass is 9.94. The smallest absolute Gasteiger partial charge is 0.312 e. The maximum atomic E-state index is 10.6. The molecule has 0 aromatic rings. The van der Waals surface area contributed by atoms with Crippen LogP contribution < -0.4 is 11.1 Å². The summed E-state index contributed by atoms with van der Waals surface area (Å²) in [6, 6.07) is -1.58. The summed E-state index contributed by atoms with van der Waals surface area (Å²) in [7, 11) is 0. The van der Waals surface area contributed by atoms with Gasteiger partial charge in [-0.1, -0.05) is 0 Å². The molecule has 0 saturated carbocycles. The lowest BCUT2D eigenvalue weighted by Crippen LogP contribution is -2.64. The molecule has 0 spiro atoms. The van der Waals surface area contributed by atoms with Crippen LogP contribution in [0.2, 0.25) is 0 Å². The van der Waals surface area contributed by atoms with Crippen LogP contribution in [-0.4, -0.2) is 58.4 Å². The molecule has 0 aromatic heterocycles. The van der Waals surface area contributed by atoms with Crippen LogP contribution >= 0.6 is 0 Å². The number of nitrogens with one attached hydrogen (secondary N) is 1. The predicted octanol–water partition coefficient (Wildman–Crippen LogP) is -2.48. The van der Waals surface area contributed by atoms with E-state index in [9.17, 15) is 15.0 Å². The third-order valence-corrected chi connectivity index (χ3v) is 2.48. The molecule has 7 heteroatoms. The first-order valence-corrected chi connectivity index (χ1v) is 4.65. The second-order valence-electron chi connectivity index (χ2n) is 3.58. The molecule has 1 heterocycles. The van der Waals surface area contributed by atoms with Gasteiger partial charge in [0.2, 0.25) is 0 Å². The summed E-state index contributed by atoms with van der Waals surface area (Å²) in [5.41, 5.74) is 4.91. The monoisotopic (exact) mass is 220 g/mol. The highest BCUT2D eigenvalue weighted by Gasteiger charge is 2.42. The Labute approximate surface area is 86.8 Å². The Kier molecular flexibility index (Phi) is 3.86. The Bertz CT molecular complexity index is 237. The lowest BCUT2D eigenvalue weighted by molar-refractivity contribution is -0.187. The van der Waals surface area contributed by atoms with Crippen molar-refractivity contribution in [3.8, 4) is 0 Å². The van der Waals surface area contributed by atoms with Gasteiger partial charge in [-0.15, -0.1) is 0 Å². The molecule has 5 atom stereocenters. The third kappa shape index (κ3) is 2.57. The van der Waals surface area contributed by atoms with E-state index < -0.39 is 43.1 Å². The summed E-state index contributed by atoms with van der Waals surface area (Å²) >= 11 is 0. The van der Waals surface area contributed by atoms with Gasteiger partial charge in [-0.3, -0.25) is 0 Å². The number of rotatable bonds is 2. The van der Waals surface area contributed by atoms with E-state index in [4.69, 9.17) is 15.6 Å². The average Bonchev–Trinajstić information content (AvgIpc) is 2.18. The zero-order chi connectivity index (χ0) is 11.6. The van der Waals surface area contributed by atoms with Gasteiger partial charge in [0.15, 0.2) is 0 Å². The van der Waals surface area contributed by atoms with Gasteiger partial charge in [0.1, 0.15) is 18.3 Å². The van der Waals surface area contributed by atoms with Gasteiger partial charge in [-0.05, 0) is 6.92 Å². The SMILES string of the molecule is C[C@H]1OC(CO)[C@H](O)[C@H](O)C1NC(N)=O. The number of hydrogen-bond donors (Lipinski definition) is 5. The molecule has 88 valence electrons. The van der Waals surface area contributed by atoms with E-state index in [2.05, 4.69) is 5.32 Å². The van der Waals surface area contributed by atoms with Crippen LogP contribution in [-0.2, 0) is 4.74 Å². The molecule has 1 rings (SSSR count). The minimum Gasteiger partial charge on any atom is -0.394 e. The Hall–Kier alpha value is -0.890. The van der Waals surface area contributed by atoms with Crippen LogP contribution in [0.15, 0.2) is 0 Å². The highest BCUT2D eigenvalue weighted by molar-refractivity contribution is 5.72. The molecule has 7 nitrogen and oxygen atoms in total. The normalized spacial score (nSPS) is 41.2. The predicted molar refractivity (Wildman–Crippen MR) is 49.9 cm³/mol. The Morgan fingerprint density at radius 2 is 2.07 bits per heavy atom. The number of carbonyl (C=O) groups excluding carboxylic acids is 1. The molecule has 2 unspecified atom stereocenters. The first kappa shape index (κ1) is 12.2. The van der Waals surface area contributed by atoms with Crippen molar-refractivity contribution in [1.82, 2.24) is 5.32 Å². The van der Waals surface area contributed by atoms with Crippen molar-refractivity contribution < 1.29 is 24.9 Å². The molecule has 0 aliphatic carbocycles. The van der Waals surface area contributed by atoms with Crippen LogP contribution in [0.5, 0.6) is 0 Å². The summed E-state index contributed by atoms with van der Waals surface area (Å²) in [4.78, 5) is 10.6. The molecule has 1 aliphatic heterocycles. The van der Waals surface area contributed by atoms with Gasteiger partial charge in [-0.2, -0.15) is 0 Å². The summed E-state index contributed by atoms with van der Waals surface area (Å²) in [5.74, 6) is 0. The quantitative estimate of drug-likeness (QED) is 0.352. The van der Waals surface area contributed by atoms with Crippen LogP contribution in [0.4, 0.5) is 4.79 Å². The van der Waals surface area contributed by atoms with Crippen molar-refractivity contribution in [2.45, 2.75) is 37.4 Å². The largest absolute Gasteiger partial charge is 0.394 e. The van der Waals surface area contributed by atoms with E-state index >= 15 is 0 Å². The number of nitrogens with two attached hydrogens (primary N) is 1. The van der Waals surface area contributed by atoms with Gasteiger partial charge in [-0.25, -0.2) is 4.79 Å². The molecular formula is C8H16N2O5. The maximum absolute atomic E-state index is 10.6. The highest BCUT2D eigenvalue weighted by Crippen LogP contribution is 2.20. The first-order valence-electron chi connectivity index (χ1n) is 4.65. The molecule has 1 fully saturated rings. The molecule has 1 saturated heterocycles. The highest BCUT2D eigenvalue weighted by atomic mass is 16.5. The standard InChI is InChI=1S/C8H16N2O5/c1-3-5(10-8(9)14)7(13)6(12)4(2-11)15-3/h3-7,11-13H,2H2,1H3,(H3,9,10,14)/t3-,4?,5?,6+,7-/m1/s1. The van der Waals surface area contributed by atoms with Crippen molar-refractivity contribution >= 4 is 6.03 Å². The number of carbonyl (C=O) groups is 1. The number of hydrogen-bond acceptors (Lipinski definition) is 5. The molecule has 2 amide bonds. The van der Waals surface area contributed by atoms with Crippen molar-refractivity contribution in [3.05, 3.63) is 0 Å². The third-order valence-electron chi connectivity index (χ3n) is 2.48. The number of ether oxygens (including phenoxy) is 1.